The highest BCUT2D eigenvalue weighted by Crippen LogP contribution is 2.22. The highest BCUT2D eigenvalue weighted by Gasteiger charge is 2.14. The van der Waals surface area contributed by atoms with E-state index in [1.54, 1.807) is 13.2 Å². The van der Waals surface area contributed by atoms with Gasteiger partial charge in [-0.2, -0.15) is 0 Å². The first-order valence-electron chi connectivity index (χ1n) is 6.02. The van der Waals surface area contributed by atoms with Crippen molar-refractivity contribution in [3.05, 3.63) is 23.7 Å². The zero-order valence-electron chi connectivity index (χ0n) is 10.5. The summed E-state index contributed by atoms with van der Waals surface area (Å²) >= 11 is 0. The van der Waals surface area contributed by atoms with E-state index in [1.165, 1.54) is 0 Å². The highest BCUT2D eigenvalue weighted by atomic mass is 32.2. The normalized spacial score (nSPS) is 13.8. The second kappa shape index (κ2) is 6.21. The van der Waals surface area contributed by atoms with Crippen LogP contribution in [0, 0.1) is 0 Å². The average molecular weight is 259 g/mol. The van der Waals surface area contributed by atoms with Crippen molar-refractivity contribution in [2.75, 3.05) is 11.5 Å². The van der Waals surface area contributed by atoms with E-state index >= 15 is 0 Å². The van der Waals surface area contributed by atoms with E-state index < -0.39 is 9.84 Å². The second-order valence-electron chi connectivity index (χ2n) is 4.14. The fourth-order valence-electron chi connectivity index (χ4n) is 1.79. The number of nitrogens with two attached hydrogens (primary N) is 1. The van der Waals surface area contributed by atoms with Crippen molar-refractivity contribution in [1.82, 2.24) is 0 Å². The predicted octanol–water partition coefficient (Wildman–Crippen LogP) is 2.06. The monoisotopic (exact) mass is 259 g/mol. The molecule has 0 aliphatic heterocycles. The van der Waals surface area contributed by atoms with Crippen molar-refractivity contribution >= 4 is 9.84 Å². The summed E-state index contributed by atoms with van der Waals surface area (Å²) < 4.78 is 28.0. The SMILES string of the molecule is CCc1occc1C(N)CCCS(=O)(=O)CC. The van der Waals surface area contributed by atoms with E-state index in [0.717, 1.165) is 17.7 Å². The summed E-state index contributed by atoms with van der Waals surface area (Å²) in [6.07, 6.45) is 3.72. The maximum atomic E-state index is 11.3. The summed E-state index contributed by atoms with van der Waals surface area (Å²) in [5, 5.41) is 0. The third-order valence-corrected chi connectivity index (χ3v) is 4.70. The summed E-state index contributed by atoms with van der Waals surface area (Å²) in [4.78, 5) is 0. The van der Waals surface area contributed by atoms with E-state index in [1.807, 2.05) is 13.0 Å². The van der Waals surface area contributed by atoms with Crippen LogP contribution in [0.1, 0.15) is 44.1 Å². The molecule has 0 aromatic carbocycles. The van der Waals surface area contributed by atoms with Crippen LogP contribution in [0.4, 0.5) is 0 Å². The minimum Gasteiger partial charge on any atom is -0.469 e. The summed E-state index contributed by atoms with van der Waals surface area (Å²) in [5.41, 5.74) is 7.03. The molecule has 1 atom stereocenters. The Bertz CT molecular complexity index is 436. The van der Waals surface area contributed by atoms with Crippen LogP contribution >= 0.6 is 0 Å². The standard InChI is InChI=1S/C12H21NO3S/c1-3-12-10(7-8-16-12)11(13)6-5-9-17(14,15)4-2/h7-8,11H,3-6,9,13H2,1-2H3. The van der Waals surface area contributed by atoms with Crippen molar-refractivity contribution in [2.24, 2.45) is 5.73 Å². The van der Waals surface area contributed by atoms with Crippen molar-refractivity contribution in [2.45, 2.75) is 39.2 Å². The zero-order valence-corrected chi connectivity index (χ0v) is 11.3. The number of rotatable bonds is 7. The minimum atomic E-state index is -2.88. The lowest BCUT2D eigenvalue weighted by atomic mass is 10.0. The Morgan fingerprint density at radius 3 is 2.71 bits per heavy atom. The van der Waals surface area contributed by atoms with Gasteiger partial charge in [0.25, 0.3) is 0 Å². The summed E-state index contributed by atoms with van der Waals surface area (Å²) in [6, 6.07) is 1.74. The van der Waals surface area contributed by atoms with Gasteiger partial charge in [0.2, 0.25) is 0 Å². The molecule has 1 heterocycles. The minimum absolute atomic E-state index is 0.129. The molecule has 0 amide bonds. The van der Waals surface area contributed by atoms with Gasteiger partial charge in [0.1, 0.15) is 15.6 Å². The highest BCUT2D eigenvalue weighted by molar-refractivity contribution is 7.91. The molecule has 1 rings (SSSR count). The average Bonchev–Trinajstić information content (AvgIpc) is 2.76. The van der Waals surface area contributed by atoms with Crippen LogP contribution in [0.15, 0.2) is 16.7 Å². The van der Waals surface area contributed by atoms with Crippen LogP contribution in [0.2, 0.25) is 0 Å². The molecule has 0 saturated heterocycles. The third-order valence-electron chi connectivity index (χ3n) is 2.91. The Kier molecular flexibility index (Phi) is 5.21. The van der Waals surface area contributed by atoms with Crippen molar-refractivity contribution < 1.29 is 12.8 Å². The molecular weight excluding hydrogens is 238 g/mol. The molecule has 4 nitrogen and oxygen atoms in total. The lowest BCUT2D eigenvalue weighted by molar-refractivity contribution is 0.501. The molecule has 0 saturated carbocycles. The molecule has 5 heteroatoms. The van der Waals surface area contributed by atoms with Gasteiger partial charge in [-0.25, -0.2) is 8.42 Å². The third kappa shape index (κ3) is 4.16. The van der Waals surface area contributed by atoms with E-state index in [4.69, 9.17) is 10.2 Å². The van der Waals surface area contributed by atoms with Gasteiger partial charge in [0, 0.05) is 23.8 Å². The smallest absolute Gasteiger partial charge is 0.150 e. The van der Waals surface area contributed by atoms with Crippen molar-refractivity contribution in [1.29, 1.82) is 0 Å². The lowest BCUT2D eigenvalue weighted by Crippen LogP contribution is -2.14. The van der Waals surface area contributed by atoms with E-state index in [-0.39, 0.29) is 17.5 Å². The maximum absolute atomic E-state index is 11.3. The van der Waals surface area contributed by atoms with Crippen molar-refractivity contribution in [3.8, 4) is 0 Å². The fourth-order valence-corrected chi connectivity index (χ4v) is 2.69. The molecule has 1 unspecified atom stereocenters. The van der Waals surface area contributed by atoms with Gasteiger partial charge in [-0.1, -0.05) is 13.8 Å². The Labute approximate surface area is 103 Å². The van der Waals surface area contributed by atoms with E-state index in [0.29, 0.717) is 12.8 Å². The van der Waals surface area contributed by atoms with Gasteiger partial charge in [0.05, 0.1) is 12.0 Å². The zero-order chi connectivity index (χ0) is 12.9. The Morgan fingerprint density at radius 2 is 2.12 bits per heavy atom. The Hall–Kier alpha value is -0.810. The summed E-state index contributed by atoms with van der Waals surface area (Å²) in [5.74, 6) is 1.32. The molecule has 1 aromatic rings. The molecule has 0 radical (unpaired) electrons. The molecule has 2 N–H and O–H groups in total. The van der Waals surface area contributed by atoms with Crippen LogP contribution in [-0.2, 0) is 16.3 Å². The van der Waals surface area contributed by atoms with Gasteiger partial charge in [0.15, 0.2) is 0 Å². The summed E-state index contributed by atoms with van der Waals surface area (Å²) in [7, 11) is -2.88. The first kappa shape index (κ1) is 14.3. The van der Waals surface area contributed by atoms with Crippen LogP contribution in [-0.4, -0.2) is 19.9 Å². The first-order chi connectivity index (χ1) is 8.00. The molecule has 0 bridgehead atoms. The van der Waals surface area contributed by atoms with Gasteiger partial charge < -0.3 is 10.2 Å². The van der Waals surface area contributed by atoms with Gasteiger partial charge in [-0.05, 0) is 18.9 Å². The molecule has 0 fully saturated rings. The largest absolute Gasteiger partial charge is 0.469 e. The summed E-state index contributed by atoms with van der Waals surface area (Å²) in [6.45, 7) is 3.68. The molecule has 0 aliphatic rings. The van der Waals surface area contributed by atoms with Crippen LogP contribution in [0.3, 0.4) is 0 Å². The predicted molar refractivity (Wildman–Crippen MR) is 68.6 cm³/mol. The lowest BCUT2D eigenvalue weighted by Gasteiger charge is -2.11. The maximum Gasteiger partial charge on any atom is 0.150 e. The van der Waals surface area contributed by atoms with Gasteiger partial charge >= 0.3 is 0 Å². The molecule has 1 aromatic heterocycles. The second-order valence-corrected chi connectivity index (χ2v) is 6.61. The molecule has 17 heavy (non-hydrogen) atoms. The van der Waals surface area contributed by atoms with Gasteiger partial charge in [-0.3, -0.25) is 0 Å². The topological polar surface area (TPSA) is 73.3 Å². The molecule has 0 aliphatic carbocycles. The Morgan fingerprint density at radius 1 is 1.41 bits per heavy atom. The molecule has 98 valence electrons. The van der Waals surface area contributed by atoms with Crippen molar-refractivity contribution in [3.63, 3.8) is 0 Å². The number of hydrogen-bond acceptors (Lipinski definition) is 4. The van der Waals surface area contributed by atoms with E-state index in [2.05, 4.69) is 0 Å². The van der Waals surface area contributed by atoms with Crippen LogP contribution in [0.25, 0.3) is 0 Å². The molecular formula is C12H21NO3S. The van der Waals surface area contributed by atoms with Crippen LogP contribution in [0.5, 0.6) is 0 Å². The number of hydrogen-bond donors (Lipinski definition) is 1. The molecule has 0 spiro atoms. The number of aryl methyl sites for hydroxylation is 1. The number of furan rings is 1. The quantitative estimate of drug-likeness (QED) is 0.813. The van der Waals surface area contributed by atoms with Crippen LogP contribution < -0.4 is 5.73 Å². The fraction of sp³-hybridized carbons (Fsp3) is 0.667. The Balaban J connectivity index is 2.48. The first-order valence-corrected chi connectivity index (χ1v) is 7.84. The van der Waals surface area contributed by atoms with E-state index in [9.17, 15) is 8.42 Å². The van der Waals surface area contributed by atoms with Gasteiger partial charge in [-0.15, -0.1) is 0 Å². The number of sulfone groups is 1.